The first-order valence-electron chi connectivity index (χ1n) is 9.80. The highest BCUT2D eigenvalue weighted by Crippen LogP contribution is 2.33. The molecule has 0 spiro atoms. The van der Waals surface area contributed by atoms with Crippen LogP contribution in [0.25, 0.3) is 0 Å². The second kappa shape index (κ2) is 8.42. The molecular formula is C22H27N3O3. The van der Waals surface area contributed by atoms with Crippen molar-refractivity contribution < 1.29 is 9.72 Å². The summed E-state index contributed by atoms with van der Waals surface area (Å²) < 4.78 is 0. The minimum atomic E-state index is -0.383. The maximum Gasteiger partial charge on any atom is 0.293 e. The number of rotatable bonds is 5. The van der Waals surface area contributed by atoms with Gasteiger partial charge in [-0.25, -0.2) is 0 Å². The third-order valence-corrected chi connectivity index (χ3v) is 5.31. The highest BCUT2D eigenvalue weighted by molar-refractivity contribution is 6.07. The van der Waals surface area contributed by atoms with Crippen molar-refractivity contribution in [2.45, 2.75) is 39.7 Å². The van der Waals surface area contributed by atoms with Crippen LogP contribution in [0.1, 0.15) is 44.0 Å². The zero-order chi connectivity index (χ0) is 20.3. The fourth-order valence-corrected chi connectivity index (χ4v) is 3.70. The van der Waals surface area contributed by atoms with Crippen LogP contribution in [0, 0.1) is 16.0 Å². The smallest absolute Gasteiger partial charge is 0.293 e. The first kappa shape index (κ1) is 19.9. The van der Waals surface area contributed by atoms with E-state index in [1.807, 2.05) is 44.2 Å². The van der Waals surface area contributed by atoms with E-state index in [-0.39, 0.29) is 22.6 Å². The lowest BCUT2D eigenvalue weighted by Crippen LogP contribution is -2.37. The molecule has 28 heavy (non-hydrogen) atoms. The van der Waals surface area contributed by atoms with Crippen molar-refractivity contribution in [1.29, 1.82) is 0 Å². The number of amides is 1. The predicted molar refractivity (Wildman–Crippen MR) is 112 cm³/mol. The summed E-state index contributed by atoms with van der Waals surface area (Å²) in [4.78, 5) is 28.3. The van der Waals surface area contributed by atoms with Crippen molar-refractivity contribution in [3.8, 4) is 0 Å². The van der Waals surface area contributed by atoms with Gasteiger partial charge in [0.2, 0.25) is 0 Å². The fourth-order valence-electron chi connectivity index (χ4n) is 3.70. The normalized spacial score (nSPS) is 14.9. The van der Waals surface area contributed by atoms with E-state index in [1.54, 1.807) is 17.0 Å². The van der Waals surface area contributed by atoms with Gasteiger partial charge in [-0.2, -0.15) is 0 Å². The Bertz CT molecular complexity index is 843. The van der Waals surface area contributed by atoms with Gasteiger partial charge in [0.15, 0.2) is 0 Å². The number of nitro groups is 1. The second-order valence-corrected chi connectivity index (χ2v) is 7.73. The summed E-state index contributed by atoms with van der Waals surface area (Å²) >= 11 is 0. The van der Waals surface area contributed by atoms with Crippen LogP contribution < -0.4 is 9.80 Å². The Hall–Kier alpha value is -2.89. The molecule has 0 saturated carbocycles. The Kier molecular flexibility index (Phi) is 5.97. The molecule has 0 unspecified atom stereocenters. The minimum absolute atomic E-state index is 0.00262. The molecule has 0 N–H and O–H groups in total. The van der Waals surface area contributed by atoms with Gasteiger partial charge >= 0.3 is 0 Å². The van der Waals surface area contributed by atoms with Gasteiger partial charge < -0.3 is 9.80 Å². The quantitative estimate of drug-likeness (QED) is 0.546. The van der Waals surface area contributed by atoms with Crippen LogP contribution in [-0.2, 0) is 0 Å². The lowest BCUT2D eigenvalue weighted by Gasteiger charge is -2.32. The largest absolute Gasteiger partial charge is 0.366 e. The molecule has 0 atom stereocenters. The molecule has 1 amide bonds. The number of anilines is 2. The molecule has 1 saturated heterocycles. The van der Waals surface area contributed by atoms with Crippen LogP contribution in [-0.4, -0.2) is 30.0 Å². The van der Waals surface area contributed by atoms with Crippen LogP contribution in [0.4, 0.5) is 17.1 Å². The summed E-state index contributed by atoms with van der Waals surface area (Å²) in [6, 6.07) is 14.2. The van der Waals surface area contributed by atoms with E-state index in [0.29, 0.717) is 17.2 Å². The first-order valence-corrected chi connectivity index (χ1v) is 9.80. The molecule has 2 aromatic carbocycles. The van der Waals surface area contributed by atoms with Gasteiger partial charge in [-0.05, 0) is 56.9 Å². The lowest BCUT2D eigenvalue weighted by atomic mass is 9.98. The SMILES string of the molecule is CC1CCN(c2ccc(C(=O)N(c3ccccc3)C(C)C)cc2[N+](=O)[O-])CC1. The van der Waals surface area contributed by atoms with Gasteiger partial charge in [0.05, 0.1) is 4.92 Å². The van der Waals surface area contributed by atoms with Crippen LogP contribution in [0.15, 0.2) is 48.5 Å². The van der Waals surface area contributed by atoms with Crippen LogP contribution in [0.5, 0.6) is 0 Å². The molecule has 1 fully saturated rings. The summed E-state index contributed by atoms with van der Waals surface area (Å²) in [5.74, 6) is 0.407. The first-order chi connectivity index (χ1) is 13.4. The summed E-state index contributed by atoms with van der Waals surface area (Å²) in [7, 11) is 0. The average Bonchev–Trinajstić information content (AvgIpc) is 2.68. The van der Waals surface area contributed by atoms with Gasteiger partial charge in [-0.1, -0.05) is 25.1 Å². The van der Waals surface area contributed by atoms with E-state index in [9.17, 15) is 14.9 Å². The monoisotopic (exact) mass is 381 g/mol. The lowest BCUT2D eigenvalue weighted by molar-refractivity contribution is -0.384. The van der Waals surface area contributed by atoms with E-state index in [0.717, 1.165) is 31.6 Å². The summed E-state index contributed by atoms with van der Waals surface area (Å²) in [5.41, 5.74) is 1.71. The average molecular weight is 381 g/mol. The van der Waals surface area contributed by atoms with Crippen molar-refractivity contribution in [3.63, 3.8) is 0 Å². The zero-order valence-corrected chi connectivity index (χ0v) is 16.7. The third-order valence-electron chi connectivity index (χ3n) is 5.31. The second-order valence-electron chi connectivity index (χ2n) is 7.73. The molecule has 3 rings (SSSR count). The molecular weight excluding hydrogens is 354 g/mol. The predicted octanol–water partition coefficient (Wildman–Crippen LogP) is 4.89. The van der Waals surface area contributed by atoms with Crippen LogP contribution in [0.3, 0.4) is 0 Å². The molecule has 0 aromatic heterocycles. The highest BCUT2D eigenvalue weighted by atomic mass is 16.6. The fraction of sp³-hybridized carbons (Fsp3) is 0.409. The molecule has 1 aliphatic rings. The summed E-state index contributed by atoms with van der Waals surface area (Å²) in [5, 5.41) is 11.7. The Morgan fingerprint density at radius 1 is 1.14 bits per heavy atom. The molecule has 1 aliphatic heterocycles. The number of hydrogen-bond acceptors (Lipinski definition) is 4. The maximum absolute atomic E-state index is 13.2. The standard InChI is InChI=1S/C22H27N3O3/c1-16(2)24(19-7-5-4-6-8-19)22(26)18-9-10-20(21(15-18)25(27)28)23-13-11-17(3)12-14-23/h4-10,15-17H,11-14H2,1-3H3. The minimum Gasteiger partial charge on any atom is -0.366 e. The molecule has 0 radical (unpaired) electrons. The highest BCUT2D eigenvalue weighted by Gasteiger charge is 2.27. The van der Waals surface area contributed by atoms with E-state index in [4.69, 9.17) is 0 Å². The molecule has 0 aliphatic carbocycles. The molecule has 148 valence electrons. The van der Waals surface area contributed by atoms with E-state index in [2.05, 4.69) is 11.8 Å². The van der Waals surface area contributed by atoms with Crippen molar-refractivity contribution >= 4 is 23.0 Å². The number of para-hydroxylation sites is 1. The van der Waals surface area contributed by atoms with E-state index in [1.165, 1.54) is 6.07 Å². The molecule has 6 nitrogen and oxygen atoms in total. The Balaban J connectivity index is 1.94. The maximum atomic E-state index is 13.2. The van der Waals surface area contributed by atoms with Crippen molar-refractivity contribution in [2.24, 2.45) is 5.92 Å². The Morgan fingerprint density at radius 2 is 1.79 bits per heavy atom. The zero-order valence-electron chi connectivity index (χ0n) is 16.7. The van der Waals surface area contributed by atoms with Crippen molar-refractivity contribution in [1.82, 2.24) is 0 Å². The van der Waals surface area contributed by atoms with E-state index >= 15 is 0 Å². The number of nitro benzene ring substituents is 1. The Labute approximate surface area is 165 Å². The van der Waals surface area contributed by atoms with Gasteiger partial charge in [-0.15, -0.1) is 0 Å². The molecule has 6 heteroatoms. The Morgan fingerprint density at radius 3 is 2.36 bits per heavy atom. The number of carbonyl (C=O) groups excluding carboxylic acids is 1. The van der Waals surface area contributed by atoms with E-state index < -0.39 is 0 Å². The summed E-state index contributed by atoms with van der Waals surface area (Å²) in [6.45, 7) is 7.68. The number of benzene rings is 2. The van der Waals surface area contributed by atoms with Gasteiger partial charge in [-0.3, -0.25) is 14.9 Å². The summed E-state index contributed by atoms with van der Waals surface area (Å²) in [6.07, 6.45) is 2.04. The number of piperidine rings is 1. The number of carbonyl (C=O) groups is 1. The van der Waals surface area contributed by atoms with Crippen molar-refractivity contribution in [3.05, 3.63) is 64.2 Å². The van der Waals surface area contributed by atoms with Crippen molar-refractivity contribution in [2.75, 3.05) is 22.9 Å². The molecule has 1 heterocycles. The number of nitrogens with zero attached hydrogens (tertiary/aromatic N) is 3. The number of hydrogen-bond donors (Lipinski definition) is 0. The molecule has 2 aromatic rings. The van der Waals surface area contributed by atoms with Gasteiger partial charge in [0.1, 0.15) is 5.69 Å². The van der Waals surface area contributed by atoms with Crippen LogP contribution >= 0.6 is 0 Å². The molecule has 0 bridgehead atoms. The van der Waals surface area contributed by atoms with Gasteiger partial charge in [0, 0.05) is 36.4 Å². The van der Waals surface area contributed by atoms with Gasteiger partial charge in [0.25, 0.3) is 11.6 Å². The third kappa shape index (κ3) is 4.16. The topological polar surface area (TPSA) is 66.7 Å². The van der Waals surface area contributed by atoms with Crippen LogP contribution in [0.2, 0.25) is 0 Å².